The van der Waals surface area contributed by atoms with Crippen LogP contribution in [0.2, 0.25) is 0 Å². The molecule has 0 spiro atoms. The van der Waals surface area contributed by atoms with Crippen molar-refractivity contribution in [3.05, 3.63) is 29.3 Å². The van der Waals surface area contributed by atoms with Crippen molar-refractivity contribution >= 4 is 15.9 Å². The second kappa shape index (κ2) is 8.57. The molecule has 0 aromatic heterocycles. The molecule has 0 saturated carbocycles. The van der Waals surface area contributed by atoms with Crippen LogP contribution in [-0.2, 0) is 14.8 Å². The molecule has 1 heterocycles. The third-order valence-corrected chi connectivity index (χ3v) is 5.45. The molecule has 7 nitrogen and oxygen atoms in total. The van der Waals surface area contributed by atoms with Crippen molar-refractivity contribution in [3.63, 3.8) is 0 Å². The first-order valence-electron chi connectivity index (χ1n) is 8.05. The van der Waals surface area contributed by atoms with Gasteiger partial charge in [0.25, 0.3) is 5.91 Å². The lowest BCUT2D eigenvalue weighted by Crippen LogP contribution is -2.45. The summed E-state index contributed by atoms with van der Waals surface area (Å²) in [5.74, 6) is -0.241. The number of sulfonamides is 1. The van der Waals surface area contributed by atoms with Crippen LogP contribution in [-0.4, -0.2) is 53.7 Å². The lowest BCUT2D eigenvalue weighted by molar-refractivity contribution is 0.0930. The van der Waals surface area contributed by atoms with Gasteiger partial charge in [0, 0.05) is 31.8 Å². The first kappa shape index (κ1) is 18.9. The summed E-state index contributed by atoms with van der Waals surface area (Å²) in [7, 11) is -2.16. The summed E-state index contributed by atoms with van der Waals surface area (Å²) in [6, 6.07) is 4.66. The van der Waals surface area contributed by atoms with Gasteiger partial charge < -0.3 is 15.4 Å². The van der Waals surface area contributed by atoms with E-state index < -0.39 is 10.0 Å². The van der Waals surface area contributed by atoms with Gasteiger partial charge in [-0.05, 0) is 44.0 Å². The predicted molar refractivity (Wildman–Crippen MR) is 91.6 cm³/mol. The van der Waals surface area contributed by atoms with E-state index in [1.165, 1.54) is 19.2 Å². The summed E-state index contributed by atoms with van der Waals surface area (Å²) < 4.78 is 31.8. The van der Waals surface area contributed by atoms with Gasteiger partial charge in [-0.15, -0.1) is 0 Å². The Bertz CT molecular complexity index is 670. The highest BCUT2D eigenvalue weighted by Crippen LogP contribution is 2.16. The molecular weight excluding hydrogens is 330 g/mol. The molecule has 0 unspecified atom stereocenters. The molecule has 1 fully saturated rings. The van der Waals surface area contributed by atoms with Gasteiger partial charge in [0.2, 0.25) is 10.0 Å². The van der Waals surface area contributed by atoms with E-state index in [1.807, 2.05) is 0 Å². The molecule has 1 saturated heterocycles. The van der Waals surface area contributed by atoms with Crippen LogP contribution < -0.4 is 15.4 Å². The summed E-state index contributed by atoms with van der Waals surface area (Å²) in [5.41, 5.74) is 1.13. The van der Waals surface area contributed by atoms with Gasteiger partial charge in [-0.2, -0.15) is 0 Å². The standard InChI is InChI=1S/C16H25N3O4S/c1-12-5-6-14(24(21,22)18-8-9-23-2)10-15(12)16(20)19-13-4-3-7-17-11-13/h5-6,10,13,17-18H,3-4,7-9,11H2,1-2H3,(H,19,20)/t13-/m0/s1. The number of nitrogens with one attached hydrogen (secondary N) is 3. The lowest BCUT2D eigenvalue weighted by atomic mass is 10.1. The number of hydrogen-bond donors (Lipinski definition) is 3. The second-order valence-corrected chi connectivity index (χ2v) is 7.65. The quantitative estimate of drug-likeness (QED) is 0.615. The van der Waals surface area contributed by atoms with E-state index in [-0.39, 0.29) is 30.0 Å². The molecule has 1 amide bonds. The minimum atomic E-state index is -3.66. The first-order valence-corrected chi connectivity index (χ1v) is 9.53. The molecule has 1 aliphatic rings. The Balaban J connectivity index is 2.13. The fourth-order valence-electron chi connectivity index (χ4n) is 2.61. The molecule has 8 heteroatoms. The van der Waals surface area contributed by atoms with Crippen molar-refractivity contribution in [2.45, 2.75) is 30.7 Å². The number of rotatable bonds is 7. The number of piperidine rings is 1. The monoisotopic (exact) mass is 355 g/mol. The van der Waals surface area contributed by atoms with E-state index in [0.29, 0.717) is 5.56 Å². The summed E-state index contributed by atoms with van der Waals surface area (Å²) in [4.78, 5) is 12.6. The number of methoxy groups -OCH3 is 1. The smallest absolute Gasteiger partial charge is 0.251 e. The molecule has 0 aliphatic carbocycles. The Labute approximate surface area is 143 Å². The van der Waals surface area contributed by atoms with Crippen LogP contribution in [0.5, 0.6) is 0 Å². The maximum Gasteiger partial charge on any atom is 0.251 e. The highest BCUT2D eigenvalue weighted by atomic mass is 32.2. The summed E-state index contributed by atoms with van der Waals surface area (Å²) in [6.07, 6.45) is 1.94. The molecule has 0 radical (unpaired) electrons. The van der Waals surface area contributed by atoms with E-state index in [2.05, 4.69) is 15.4 Å². The van der Waals surface area contributed by atoms with Crippen LogP contribution in [0.3, 0.4) is 0 Å². The molecule has 24 heavy (non-hydrogen) atoms. The van der Waals surface area contributed by atoms with Gasteiger partial charge in [0.15, 0.2) is 0 Å². The van der Waals surface area contributed by atoms with Crippen LogP contribution in [0.25, 0.3) is 0 Å². The van der Waals surface area contributed by atoms with Gasteiger partial charge in [0.05, 0.1) is 11.5 Å². The zero-order valence-corrected chi connectivity index (χ0v) is 14.9. The van der Waals surface area contributed by atoms with Crippen molar-refractivity contribution < 1.29 is 17.9 Å². The lowest BCUT2D eigenvalue weighted by Gasteiger charge is -2.24. The third kappa shape index (κ3) is 5.01. The average Bonchev–Trinajstić information content (AvgIpc) is 2.56. The minimum absolute atomic E-state index is 0.0748. The fourth-order valence-corrected chi connectivity index (χ4v) is 3.65. The number of carbonyl (C=O) groups excluding carboxylic acids is 1. The van der Waals surface area contributed by atoms with Gasteiger partial charge in [-0.3, -0.25) is 4.79 Å². The van der Waals surface area contributed by atoms with Crippen molar-refractivity contribution in [2.75, 3.05) is 33.4 Å². The molecular formula is C16H25N3O4S. The van der Waals surface area contributed by atoms with Crippen molar-refractivity contribution in [1.82, 2.24) is 15.4 Å². The molecule has 3 N–H and O–H groups in total. The minimum Gasteiger partial charge on any atom is -0.383 e. The topological polar surface area (TPSA) is 96.5 Å². The zero-order valence-electron chi connectivity index (χ0n) is 14.1. The van der Waals surface area contributed by atoms with E-state index >= 15 is 0 Å². The van der Waals surface area contributed by atoms with Crippen molar-refractivity contribution in [2.24, 2.45) is 0 Å². The average molecular weight is 355 g/mol. The van der Waals surface area contributed by atoms with Crippen molar-refractivity contribution in [3.8, 4) is 0 Å². The Morgan fingerprint density at radius 1 is 1.42 bits per heavy atom. The van der Waals surface area contributed by atoms with Crippen LogP contribution in [0.4, 0.5) is 0 Å². The number of ether oxygens (including phenoxy) is 1. The number of benzene rings is 1. The number of carbonyl (C=O) groups is 1. The molecule has 2 rings (SSSR count). The van der Waals surface area contributed by atoms with Gasteiger partial charge in [-0.25, -0.2) is 13.1 Å². The largest absolute Gasteiger partial charge is 0.383 e. The Morgan fingerprint density at radius 3 is 2.88 bits per heavy atom. The first-order chi connectivity index (χ1) is 11.4. The maximum absolute atomic E-state index is 12.5. The third-order valence-electron chi connectivity index (χ3n) is 3.99. The number of hydrogen-bond acceptors (Lipinski definition) is 5. The Kier molecular flexibility index (Phi) is 6.73. The highest BCUT2D eigenvalue weighted by Gasteiger charge is 2.20. The van der Waals surface area contributed by atoms with Gasteiger partial charge >= 0.3 is 0 Å². The molecule has 0 bridgehead atoms. The van der Waals surface area contributed by atoms with Crippen LogP contribution in [0, 0.1) is 6.92 Å². The second-order valence-electron chi connectivity index (χ2n) is 5.88. The SMILES string of the molecule is COCCNS(=O)(=O)c1ccc(C)c(C(=O)N[C@H]2CCCNC2)c1. The predicted octanol–water partition coefficient (Wildman–Crippen LogP) is 0.402. The number of amides is 1. The number of aryl methyl sites for hydroxylation is 1. The molecule has 1 aromatic carbocycles. The van der Waals surface area contributed by atoms with E-state index in [1.54, 1.807) is 13.0 Å². The fraction of sp³-hybridized carbons (Fsp3) is 0.562. The van der Waals surface area contributed by atoms with Crippen molar-refractivity contribution in [1.29, 1.82) is 0 Å². The van der Waals surface area contributed by atoms with Crippen LogP contribution in [0.1, 0.15) is 28.8 Å². The maximum atomic E-state index is 12.5. The zero-order chi connectivity index (χ0) is 17.6. The summed E-state index contributed by atoms with van der Waals surface area (Å²) in [5, 5.41) is 6.21. The molecule has 134 valence electrons. The summed E-state index contributed by atoms with van der Waals surface area (Å²) in [6.45, 7) is 3.96. The normalized spacial score (nSPS) is 18.3. The van der Waals surface area contributed by atoms with Crippen LogP contribution >= 0.6 is 0 Å². The highest BCUT2D eigenvalue weighted by molar-refractivity contribution is 7.89. The van der Waals surface area contributed by atoms with Crippen LogP contribution in [0.15, 0.2) is 23.1 Å². The van der Waals surface area contributed by atoms with E-state index in [0.717, 1.165) is 31.5 Å². The summed E-state index contributed by atoms with van der Waals surface area (Å²) >= 11 is 0. The van der Waals surface area contributed by atoms with E-state index in [9.17, 15) is 13.2 Å². The van der Waals surface area contributed by atoms with Gasteiger partial charge in [0.1, 0.15) is 0 Å². The van der Waals surface area contributed by atoms with E-state index in [4.69, 9.17) is 4.74 Å². The molecule has 1 atom stereocenters. The molecule has 1 aromatic rings. The Hall–Kier alpha value is -1.48. The van der Waals surface area contributed by atoms with Gasteiger partial charge in [-0.1, -0.05) is 6.07 Å². The molecule has 1 aliphatic heterocycles. The Morgan fingerprint density at radius 2 is 2.21 bits per heavy atom.